The van der Waals surface area contributed by atoms with E-state index in [2.05, 4.69) is 29.4 Å². The van der Waals surface area contributed by atoms with E-state index in [1.165, 1.54) is 11.8 Å². The SMILES string of the molecule is CCc1ccc([C@H](C)NC(=O)Cn2c(CS(C)(=O)=O)nc3ccccc32)cc1. The fourth-order valence-corrected chi connectivity index (χ4v) is 3.89. The minimum absolute atomic E-state index is 0.0166. The van der Waals surface area contributed by atoms with Gasteiger partial charge < -0.3 is 9.88 Å². The maximum Gasteiger partial charge on any atom is 0.240 e. The molecule has 1 N–H and O–H groups in total. The van der Waals surface area contributed by atoms with E-state index in [9.17, 15) is 13.2 Å². The molecule has 1 atom stereocenters. The van der Waals surface area contributed by atoms with E-state index in [1.807, 2.05) is 43.3 Å². The molecule has 0 aliphatic heterocycles. The summed E-state index contributed by atoms with van der Waals surface area (Å²) in [6, 6.07) is 15.4. The summed E-state index contributed by atoms with van der Waals surface area (Å²) in [6.07, 6.45) is 2.14. The van der Waals surface area contributed by atoms with Gasteiger partial charge in [0.15, 0.2) is 9.84 Å². The van der Waals surface area contributed by atoms with Crippen LogP contribution in [0.3, 0.4) is 0 Å². The Bertz CT molecular complexity index is 1090. The number of sulfone groups is 1. The molecule has 2 aromatic carbocycles. The molecule has 148 valence electrons. The Hall–Kier alpha value is -2.67. The van der Waals surface area contributed by atoms with E-state index < -0.39 is 9.84 Å². The van der Waals surface area contributed by atoms with Crippen molar-refractivity contribution in [3.8, 4) is 0 Å². The van der Waals surface area contributed by atoms with Gasteiger partial charge in [0.1, 0.15) is 18.1 Å². The predicted molar refractivity (Wildman–Crippen MR) is 111 cm³/mol. The Balaban J connectivity index is 1.80. The topological polar surface area (TPSA) is 81.1 Å². The normalized spacial score (nSPS) is 12.8. The quantitative estimate of drug-likeness (QED) is 0.662. The number of amides is 1. The number of aromatic nitrogens is 2. The molecule has 0 aliphatic carbocycles. The Morgan fingerprint density at radius 2 is 1.82 bits per heavy atom. The molecule has 0 unspecified atom stereocenters. The molecule has 0 aliphatic rings. The molecular formula is C21H25N3O3S. The van der Waals surface area contributed by atoms with Crippen molar-refractivity contribution < 1.29 is 13.2 Å². The summed E-state index contributed by atoms with van der Waals surface area (Å²) in [7, 11) is -3.27. The lowest BCUT2D eigenvalue weighted by atomic mass is 10.1. The van der Waals surface area contributed by atoms with Crippen LogP contribution >= 0.6 is 0 Å². The Kier molecular flexibility index (Phi) is 5.84. The fraction of sp³-hybridized carbons (Fsp3) is 0.333. The van der Waals surface area contributed by atoms with E-state index in [-0.39, 0.29) is 24.2 Å². The molecule has 1 amide bonds. The maximum atomic E-state index is 12.7. The maximum absolute atomic E-state index is 12.7. The van der Waals surface area contributed by atoms with E-state index in [0.29, 0.717) is 11.3 Å². The van der Waals surface area contributed by atoms with Gasteiger partial charge in [-0.3, -0.25) is 4.79 Å². The van der Waals surface area contributed by atoms with Crippen molar-refractivity contribution in [2.24, 2.45) is 0 Å². The molecule has 0 bridgehead atoms. The van der Waals surface area contributed by atoms with Crippen LogP contribution in [-0.2, 0) is 33.4 Å². The van der Waals surface area contributed by atoms with Crippen LogP contribution in [0.15, 0.2) is 48.5 Å². The van der Waals surface area contributed by atoms with Crippen molar-refractivity contribution in [2.75, 3.05) is 6.26 Å². The van der Waals surface area contributed by atoms with E-state index in [1.54, 1.807) is 4.57 Å². The number of nitrogens with one attached hydrogen (secondary N) is 1. The largest absolute Gasteiger partial charge is 0.348 e. The lowest BCUT2D eigenvalue weighted by Gasteiger charge is -2.16. The van der Waals surface area contributed by atoms with Gasteiger partial charge in [-0.25, -0.2) is 13.4 Å². The molecule has 0 fully saturated rings. The number of hydrogen-bond donors (Lipinski definition) is 1. The zero-order valence-electron chi connectivity index (χ0n) is 16.3. The van der Waals surface area contributed by atoms with Crippen LogP contribution < -0.4 is 5.32 Å². The number of carbonyl (C=O) groups is 1. The summed E-state index contributed by atoms with van der Waals surface area (Å²) >= 11 is 0. The van der Waals surface area contributed by atoms with Gasteiger partial charge in [-0.05, 0) is 36.6 Å². The van der Waals surface area contributed by atoms with Crippen molar-refractivity contribution >= 4 is 26.8 Å². The second-order valence-electron chi connectivity index (χ2n) is 7.06. The van der Waals surface area contributed by atoms with Crippen LogP contribution in [0.1, 0.15) is 36.8 Å². The van der Waals surface area contributed by atoms with E-state index in [4.69, 9.17) is 0 Å². The number of aryl methyl sites for hydroxylation is 1. The summed E-state index contributed by atoms with van der Waals surface area (Å²) in [5.74, 6) is -0.0213. The van der Waals surface area contributed by atoms with Gasteiger partial charge in [0.2, 0.25) is 5.91 Å². The van der Waals surface area contributed by atoms with Crippen molar-refractivity contribution in [3.05, 3.63) is 65.5 Å². The molecular weight excluding hydrogens is 374 g/mol. The smallest absolute Gasteiger partial charge is 0.240 e. The van der Waals surface area contributed by atoms with Crippen LogP contribution in [0.4, 0.5) is 0 Å². The summed E-state index contributed by atoms with van der Waals surface area (Å²) in [5.41, 5.74) is 3.70. The average Bonchev–Trinajstić information content (AvgIpc) is 2.97. The third-order valence-electron chi connectivity index (χ3n) is 4.69. The second kappa shape index (κ2) is 8.14. The summed E-state index contributed by atoms with van der Waals surface area (Å²) in [6.45, 7) is 4.05. The van der Waals surface area contributed by atoms with Gasteiger partial charge in [-0.2, -0.15) is 0 Å². The van der Waals surface area contributed by atoms with Gasteiger partial charge in [-0.1, -0.05) is 43.3 Å². The van der Waals surface area contributed by atoms with Gasteiger partial charge >= 0.3 is 0 Å². The molecule has 1 heterocycles. The Morgan fingerprint density at radius 1 is 1.14 bits per heavy atom. The molecule has 3 aromatic rings. The second-order valence-corrected chi connectivity index (χ2v) is 9.20. The first-order valence-corrected chi connectivity index (χ1v) is 11.3. The molecule has 28 heavy (non-hydrogen) atoms. The predicted octanol–water partition coefficient (Wildman–Crippen LogP) is 3.02. The fourth-order valence-electron chi connectivity index (χ4n) is 3.20. The third kappa shape index (κ3) is 4.78. The molecule has 3 rings (SSSR count). The summed E-state index contributed by atoms with van der Waals surface area (Å²) < 4.78 is 25.2. The number of benzene rings is 2. The lowest BCUT2D eigenvalue weighted by molar-refractivity contribution is -0.122. The van der Waals surface area contributed by atoms with Crippen LogP contribution in [0, 0.1) is 0 Å². The first kappa shape index (κ1) is 20.1. The first-order valence-electron chi connectivity index (χ1n) is 9.27. The molecule has 0 saturated carbocycles. The zero-order valence-corrected chi connectivity index (χ0v) is 17.2. The van der Waals surface area contributed by atoms with Gasteiger partial charge in [0, 0.05) is 6.26 Å². The standard InChI is InChI=1S/C21H25N3O3S/c1-4-16-9-11-17(12-10-16)15(2)22-21(25)13-24-19-8-6-5-7-18(19)23-20(24)14-28(3,26)27/h5-12,15H,4,13-14H2,1-3H3,(H,22,25)/t15-/m0/s1. The van der Waals surface area contributed by atoms with Gasteiger partial charge in [0.05, 0.1) is 17.1 Å². The highest BCUT2D eigenvalue weighted by atomic mass is 32.2. The first-order chi connectivity index (χ1) is 13.3. The third-order valence-corrected chi connectivity index (χ3v) is 5.47. The Labute approximate surface area is 165 Å². The highest BCUT2D eigenvalue weighted by Gasteiger charge is 2.18. The van der Waals surface area contributed by atoms with Gasteiger partial charge in [0.25, 0.3) is 0 Å². The summed E-state index contributed by atoms with van der Waals surface area (Å²) in [5, 5.41) is 2.99. The highest BCUT2D eigenvalue weighted by molar-refractivity contribution is 7.89. The number of nitrogens with zero attached hydrogens (tertiary/aromatic N) is 2. The van der Waals surface area contributed by atoms with Crippen LogP contribution in [0.5, 0.6) is 0 Å². The molecule has 6 nitrogen and oxygen atoms in total. The van der Waals surface area contributed by atoms with Crippen molar-refractivity contribution in [1.29, 1.82) is 0 Å². The molecule has 1 aromatic heterocycles. The van der Waals surface area contributed by atoms with Crippen molar-refractivity contribution in [2.45, 2.75) is 38.6 Å². The zero-order chi connectivity index (χ0) is 20.3. The lowest BCUT2D eigenvalue weighted by Crippen LogP contribution is -2.30. The summed E-state index contributed by atoms with van der Waals surface area (Å²) in [4.78, 5) is 17.1. The van der Waals surface area contributed by atoms with Crippen molar-refractivity contribution in [1.82, 2.24) is 14.9 Å². The highest BCUT2D eigenvalue weighted by Crippen LogP contribution is 2.18. The Morgan fingerprint density at radius 3 is 2.46 bits per heavy atom. The molecule has 0 spiro atoms. The van der Waals surface area contributed by atoms with E-state index >= 15 is 0 Å². The molecule has 0 radical (unpaired) electrons. The number of rotatable bonds is 7. The van der Waals surface area contributed by atoms with Crippen LogP contribution in [0.2, 0.25) is 0 Å². The molecule has 0 saturated heterocycles. The molecule has 7 heteroatoms. The number of carbonyl (C=O) groups excluding carboxylic acids is 1. The average molecular weight is 400 g/mol. The van der Waals surface area contributed by atoms with Crippen LogP contribution in [-0.4, -0.2) is 30.1 Å². The van der Waals surface area contributed by atoms with E-state index in [0.717, 1.165) is 17.5 Å². The monoisotopic (exact) mass is 399 g/mol. The minimum Gasteiger partial charge on any atom is -0.348 e. The number of para-hydroxylation sites is 2. The number of hydrogen-bond acceptors (Lipinski definition) is 4. The van der Waals surface area contributed by atoms with Crippen molar-refractivity contribution in [3.63, 3.8) is 0 Å². The van der Waals surface area contributed by atoms with Crippen LogP contribution in [0.25, 0.3) is 11.0 Å². The van der Waals surface area contributed by atoms with Gasteiger partial charge in [-0.15, -0.1) is 0 Å². The number of fused-ring (bicyclic) bond motifs is 1. The minimum atomic E-state index is -3.27. The number of imidazole rings is 1.